The summed E-state index contributed by atoms with van der Waals surface area (Å²) >= 11 is 0. The number of unbranched alkanes of at least 4 members (excludes halogenated alkanes) is 3. The molecule has 4 aromatic rings. The number of alkyl halides is 3. The molecule has 6 rings (SSSR count). The number of halogens is 3. The van der Waals surface area contributed by atoms with Gasteiger partial charge in [-0.15, -0.1) is 5.10 Å². The summed E-state index contributed by atoms with van der Waals surface area (Å²) in [6, 6.07) is 12.9. The minimum Gasteiger partial charge on any atom is -0.496 e. The number of ether oxygens (including phenoxy) is 2. The Morgan fingerprint density at radius 3 is 2.41 bits per heavy atom. The van der Waals surface area contributed by atoms with Gasteiger partial charge in [-0.3, -0.25) is 4.79 Å². The Balaban J connectivity index is 1.46. The van der Waals surface area contributed by atoms with Gasteiger partial charge in [-0.05, 0) is 79.0 Å². The Labute approximate surface area is 326 Å². The van der Waals surface area contributed by atoms with Crippen molar-refractivity contribution in [2.75, 3.05) is 23.9 Å². The first-order valence-electron chi connectivity index (χ1n) is 19.4. The maximum absolute atomic E-state index is 15.2. The quantitative estimate of drug-likeness (QED) is 0.113. The van der Waals surface area contributed by atoms with E-state index in [1.165, 1.54) is 32.6 Å². The molecular weight excluding hydrogens is 720 g/mol. The Morgan fingerprint density at radius 1 is 0.982 bits per heavy atom. The van der Waals surface area contributed by atoms with Gasteiger partial charge in [0.2, 0.25) is 5.91 Å². The molecule has 56 heavy (non-hydrogen) atoms. The second-order valence-corrected chi connectivity index (χ2v) is 15.1. The van der Waals surface area contributed by atoms with Gasteiger partial charge in [0.1, 0.15) is 17.4 Å². The van der Waals surface area contributed by atoms with Gasteiger partial charge in [-0.1, -0.05) is 83.4 Å². The molecular formula is C44H50F3N5O4. The maximum atomic E-state index is 15.2. The van der Waals surface area contributed by atoms with Crippen LogP contribution < -0.4 is 20.3 Å². The predicted molar refractivity (Wildman–Crippen MR) is 214 cm³/mol. The highest BCUT2D eigenvalue weighted by Gasteiger charge is 2.43. The van der Waals surface area contributed by atoms with Crippen LogP contribution in [0.1, 0.15) is 94.6 Å². The number of carbonyl (C=O) groups is 2. The van der Waals surface area contributed by atoms with Crippen molar-refractivity contribution in [2.45, 2.75) is 85.4 Å². The van der Waals surface area contributed by atoms with E-state index >= 15 is 13.2 Å². The number of amides is 1. The van der Waals surface area contributed by atoms with Gasteiger partial charge in [-0.25, -0.2) is 14.3 Å². The van der Waals surface area contributed by atoms with Crippen molar-refractivity contribution in [3.63, 3.8) is 0 Å². The summed E-state index contributed by atoms with van der Waals surface area (Å²) in [7, 11) is 1.44. The van der Waals surface area contributed by atoms with Crippen LogP contribution in [0.15, 0.2) is 73.0 Å². The monoisotopic (exact) mass is 769 g/mol. The Kier molecular flexibility index (Phi) is 12.4. The van der Waals surface area contributed by atoms with E-state index < -0.39 is 29.4 Å². The van der Waals surface area contributed by atoms with Gasteiger partial charge in [0.15, 0.2) is 11.5 Å². The number of allylic oxidation sites excluding steroid dienone is 5. The summed E-state index contributed by atoms with van der Waals surface area (Å²) in [4.78, 5) is 32.7. The molecule has 1 N–H and O–H groups in total. The van der Waals surface area contributed by atoms with Crippen LogP contribution in [0, 0.1) is 17.8 Å². The van der Waals surface area contributed by atoms with Crippen LogP contribution in [-0.2, 0) is 15.7 Å². The van der Waals surface area contributed by atoms with Crippen LogP contribution in [0.5, 0.6) is 5.75 Å². The van der Waals surface area contributed by atoms with E-state index in [-0.39, 0.29) is 34.6 Å². The van der Waals surface area contributed by atoms with Crippen molar-refractivity contribution in [1.82, 2.24) is 14.6 Å². The number of carbonyl (C=O) groups excluding carboxylic acids is 2. The van der Waals surface area contributed by atoms with E-state index in [0.29, 0.717) is 22.9 Å². The summed E-state index contributed by atoms with van der Waals surface area (Å²) in [6.45, 7) is 10.5. The van der Waals surface area contributed by atoms with E-state index in [4.69, 9.17) is 9.47 Å². The van der Waals surface area contributed by atoms with Gasteiger partial charge < -0.3 is 19.7 Å². The number of esters is 1. The minimum atomic E-state index is -4.96. The molecule has 1 amide bonds. The lowest BCUT2D eigenvalue weighted by atomic mass is 9.75. The molecule has 2 unspecified atom stereocenters. The first-order valence-corrected chi connectivity index (χ1v) is 19.4. The number of aromatic nitrogens is 3. The number of benzene rings is 2. The van der Waals surface area contributed by atoms with Crippen LogP contribution in [0.3, 0.4) is 0 Å². The standard InChI is InChI=1S/C44H50F3N5O4/c1-7-8-9-14-22-51-23-21-31(33-16-11-13-17-35(33)51)15-10-12-18-36-39(44(45,46)47)38(43(54)56-40-28(3)24-27(2)25-29(40)4)42-49-41(50-52(36)42)34-26-32(48-30(5)53)19-20-37(34)55-6/h10-13,15-21,23,26-29,40H,7-9,14,22,24-25H2,1-6H3,(H,48,53)/b12-10+,31-15-,36-18+. The fourth-order valence-electron chi connectivity index (χ4n) is 8.17. The van der Waals surface area contributed by atoms with E-state index in [0.717, 1.165) is 60.0 Å². The molecule has 2 aromatic carbocycles. The lowest BCUT2D eigenvalue weighted by molar-refractivity contribution is -0.139. The van der Waals surface area contributed by atoms with Crippen LogP contribution >= 0.6 is 0 Å². The van der Waals surface area contributed by atoms with Crippen LogP contribution in [0.2, 0.25) is 0 Å². The number of hydrogen-bond acceptors (Lipinski definition) is 7. The number of rotatable bonds is 12. The van der Waals surface area contributed by atoms with Gasteiger partial charge in [-0.2, -0.15) is 13.2 Å². The zero-order valence-electron chi connectivity index (χ0n) is 32.8. The third-order valence-electron chi connectivity index (χ3n) is 10.6. The fraction of sp³-hybridized carbons (Fsp3) is 0.409. The molecule has 0 bridgehead atoms. The van der Waals surface area contributed by atoms with Gasteiger partial charge in [0, 0.05) is 36.6 Å². The average Bonchev–Trinajstić information content (AvgIpc) is 3.71. The zero-order chi connectivity index (χ0) is 40.1. The molecule has 9 nitrogen and oxygen atoms in total. The molecule has 0 spiro atoms. The molecule has 2 aliphatic rings. The first kappa shape index (κ1) is 40.3. The van der Waals surface area contributed by atoms with Crippen molar-refractivity contribution in [3.8, 4) is 17.1 Å². The Morgan fingerprint density at radius 2 is 1.71 bits per heavy atom. The summed E-state index contributed by atoms with van der Waals surface area (Å²) < 4.78 is 58.2. The van der Waals surface area contributed by atoms with Crippen molar-refractivity contribution in [1.29, 1.82) is 0 Å². The molecule has 2 aromatic heterocycles. The third kappa shape index (κ3) is 8.69. The highest BCUT2D eigenvalue weighted by Crippen LogP contribution is 2.39. The maximum Gasteiger partial charge on any atom is 0.419 e. The van der Waals surface area contributed by atoms with Gasteiger partial charge in [0.25, 0.3) is 0 Å². The molecule has 1 aliphatic carbocycles. The lowest BCUT2D eigenvalue weighted by Crippen LogP contribution is -2.37. The highest BCUT2D eigenvalue weighted by atomic mass is 19.4. The van der Waals surface area contributed by atoms with E-state index in [1.54, 1.807) is 24.3 Å². The number of nitrogens with zero attached hydrogens (tertiary/aromatic N) is 4. The first-order chi connectivity index (χ1) is 26.8. The number of fused-ring (bicyclic) bond motifs is 2. The molecule has 2 atom stereocenters. The van der Waals surface area contributed by atoms with Crippen molar-refractivity contribution in [3.05, 3.63) is 95.0 Å². The van der Waals surface area contributed by atoms with Gasteiger partial charge >= 0.3 is 12.1 Å². The topological polar surface area (TPSA) is 98.1 Å². The normalized spacial score (nSPS) is 20.9. The minimum absolute atomic E-state index is 0.00370. The SMILES string of the molecule is CCCCCCN1C=C/C(=C/C=C/C=c2\c(C(F)(F)F)c(C(=O)OC3C(C)CC(C)CC3C)c3nc(-c4cc(NC(C)=O)ccc4OC)nn23)c2ccccc21. The molecule has 0 radical (unpaired) electrons. The summed E-state index contributed by atoms with van der Waals surface area (Å²) in [5.41, 5.74) is 1.54. The second-order valence-electron chi connectivity index (χ2n) is 15.1. The summed E-state index contributed by atoms with van der Waals surface area (Å²) in [5.74, 6) is -0.768. The van der Waals surface area contributed by atoms with Crippen molar-refractivity contribution in [2.24, 2.45) is 17.8 Å². The average molecular weight is 770 g/mol. The second kappa shape index (κ2) is 17.2. The lowest BCUT2D eigenvalue weighted by Gasteiger charge is -2.37. The molecule has 0 saturated heterocycles. The number of nitrogens with one attached hydrogen (secondary N) is 1. The number of para-hydroxylation sites is 1. The molecule has 12 heteroatoms. The highest BCUT2D eigenvalue weighted by molar-refractivity contribution is 5.99. The van der Waals surface area contributed by atoms with Crippen molar-refractivity contribution < 1.29 is 32.2 Å². The van der Waals surface area contributed by atoms with Crippen LogP contribution in [0.25, 0.3) is 28.7 Å². The Hall–Kier alpha value is -5.39. The summed E-state index contributed by atoms with van der Waals surface area (Å²) in [6.07, 6.45) is 11.0. The molecule has 1 aliphatic heterocycles. The predicted octanol–water partition coefficient (Wildman–Crippen LogP) is 9.66. The van der Waals surface area contributed by atoms with Crippen molar-refractivity contribution >= 4 is 40.5 Å². The Bertz CT molecular complexity index is 2210. The van der Waals surface area contributed by atoms with E-state index in [1.807, 2.05) is 50.4 Å². The fourth-order valence-corrected chi connectivity index (χ4v) is 8.17. The number of hydrogen-bond donors (Lipinski definition) is 1. The molecule has 1 fully saturated rings. The molecule has 3 heterocycles. The number of methoxy groups -OCH3 is 1. The van der Waals surface area contributed by atoms with Gasteiger partial charge in [0.05, 0.1) is 23.6 Å². The van der Waals surface area contributed by atoms with Crippen LogP contribution in [-0.4, -0.2) is 46.2 Å². The third-order valence-corrected chi connectivity index (χ3v) is 10.6. The zero-order valence-corrected chi connectivity index (χ0v) is 32.8. The summed E-state index contributed by atoms with van der Waals surface area (Å²) in [5, 5.41) is 6.85. The molecule has 296 valence electrons. The molecule has 1 saturated carbocycles. The largest absolute Gasteiger partial charge is 0.496 e. The number of anilines is 2. The van der Waals surface area contributed by atoms with E-state index in [2.05, 4.69) is 40.2 Å². The smallest absolute Gasteiger partial charge is 0.419 e. The van der Waals surface area contributed by atoms with Crippen LogP contribution in [0.4, 0.5) is 24.5 Å². The van der Waals surface area contributed by atoms with E-state index in [9.17, 15) is 9.59 Å².